The summed E-state index contributed by atoms with van der Waals surface area (Å²) in [6.45, 7) is 7.17. The molecule has 0 spiro atoms. The normalized spacial score (nSPS) is 17.5. The van der Waals surface area contributed by atoms with Gasteiger partial charge in [-0.05, 0) is 86.6 Å². The second kappa shape index (κ2) is 9.55. The summed E-state index contributed by atoms with van der Waals surface area (Å²) < 4.78 is 7.67. The van der Waals surface area contributed by atoms with E-state index in [9.17, 15) is 0 Å². The van der Waals surface area contributed by atoms with Crippen molar-refractivity contribution in [3.05, 3.63) is 113 Å². The highest BCUT2D eigenvalue weighted by Gasteiger charge is 2.41. The number of ether oxygens (including phenoxy) is 1. The summed E-state index contributed by atoms with van der Waals surface area (Å²) in [6, 6.07) is 25.2. The molecule has 0 radical (unpaired) electrons. The first kappa shape index (κ1) is 23.1. The topological polar surface area (TPSA) is 42.3 Å². The van der Waals surface area contributed by atoms with Crippen molar-refractivity contribution in [3.63, 3.8) is 0 Å². The van der Waals surface area contributed by atoms with Gasteiger partial charge in [-0.15, -0.1) is 0 Å². The molecule has 5 nitrogen and oxygen atoms in total. The van der Waals surface area contributed by atoms with Crippen molar-refractivity contribution in [2.45, 2.75) is 39.4 Å². The Hall–Kier alpha value is -3.64. The number of nitrogens with one attached hydrogen (secondary N) is 1. The number of nitrogens with zero attached hydrogens (tertiary/aromatic N) is 3. The van der Waals surface area contributed by atoms with Crippen LogP contribution in [0.3, 0.4) is 0 Å². The van der Waals surface area contributed by atoms with Gasteiger partial charge in [-0.3, -0.25) is 4.98 Å². The summed E-state index contributed by atoms with van der Waals surface area (Å²) in [5.74, 6) is 0.848. The molecule has 6 heteroatoms. The Bertz CT molecular complexity index is 1330. The maximum absolute atomic E-state index is 5.89. The number of methoxy groups -OCH3 is 1. The van der Waals surface area contributed by atoms with Crippen LogP contribution in [-0.4, -0.2) is 26.7 Å². The highest BCUT2D eigenvalue weighted by atomic mass is 32.1. The number of aromatic nitrogens is 2. The van der Waals surface area contributed by atoms with Crippen LogP contribution >= 0.6 is 12.2 Å². The van der Waals surface area contributed by atoms with Gasteiger partial charge in [-0.2, -0.15) is 0 Å². The number of benzene rings is 2. The van der Waals surface area contributed by atoms with Crippen molar-refractivity contribution < 1.29 is 4.74 Å². The van der Waals surface area contributed by atoms with Gasteiger partial charge < -0.3 is 19.5 Å². The standard InChI is InChI=1S/C29H30N4OS/c1-19-8-12-23(13-9-19)33-20(2)17-25(21(33)3)28-27(26-7-5-6-16-30-26)31-29(35)32(28)18-22-10-14-24(34-4)15-11-22/h5-17,27-28H,18H2,1-4H3,(H,31,35). The fourth-order valence-electron chi connectivity index (χ4n) is 5.02. The second-order valence-electron chi connectivity index (χ2n) is 9.10. The molecule has 2 aromatic carbocycles. The number of hydrogen-bond donors (Lipinski definition) is 1. The van der Waals surface area contributed by atoms with Crippen LogP contribution in [0.5, 0.6) is 5.75 Å². The highest BCUT2D eigenvalue weighted by Crippen LogP contribution is 2.42. The molecule has 0 amide bonds. The maximum atomic E-state index is 5.89. The van der Waals surface area contributed by atoms with Crippen molar-refractivity contribution in [1.82, 2.24) is 19.8 Å². The lowest BCUT2D eigenvalue weighted by atomic mass is 9.96. The summed E-state index contributed by atoms with van der Waals surface area (Å²) in [5.41, 5.74) is 8.24. The maximum Gasteiger partial charge on any atom is 0.170 e. The van der Waals surface area contributed by atoms with Crippen molar-refractivity contribution in [3.8, 4) is 11.4 Å². The van der Waals surface area contributed by atoms with E-state index in [1.807, 2.05) is 30.5 Å². The van der Waals surface area contributed by atoms with E-state index in [4.69, 9.17) is 17.0 Å². The second-order valence-corrected chi connectivity index (χ2v) is 9.49. The van der Waals surface area contributed by atoms with Gasteiger partial charge in [0.25, 0.3) is 0 Å². The molecule has 0 saturated carbocycles. The summed E-state index contributed by atoms with van der Waals surface area (Å²) in [5, 5.41) is 4.31. The molecule has 2 atom stereocenters. The first-order chi connectivity index (χ1) is 17.0. The molecule has 2 aromatic heterocycles. The van der Waals surface area contributed by atoms with E-state index in [-0.39, 0.29) is 12.1 Å². The third kappa shape index (κ3) is 4.42. The molecule has 3 heterocycles. The van der Waals surface area contributed by atoms with Gasteiger partial charge in [-0.25, -0.2) is 0 Å². The van der Waals surface area contributed by atoms with Crippen LogP contribution in [0.4, 0.5) is 0 Å². The van der Waals surface area contributed by atoms with Gasteiger partial charge in [0.2, 0.25) is 0 Å². The van der Waals surface area contributed by atoms with E-state index < -0.39 is 0 Å². The minimum Gasteiger partial charge on any atom is -0.497 e. The summed E-state index contributed by atoms with van der Waals surface area (Å²) in [7, 11) is 1.69. The molecule has 4 aromatic rings. The average molecular weight is 483 g/mol. The van der Waals surface area contributed by atoms with E-state index in [0.717, 1.165) is 16.6 Å². The Morgan fingerprint density at radius 2 is 1.71 bits per heavy atom. The molecule has 0 aliphatic carbocycles. The largest absolute Gasteiger partial charge is 0.497 e. The van der Waals surface area contributed by atoms with E-state index in [1.54, 1.807) is 7.11 Å². The molecule has 178 valence electrons. The lowest BCUT2D eigenvalue weighted by molar-refractivity contribution is 0.310. The van der Waals surface area contributed by atoms with Crippen LogP contribution < -0.4 is 10.1 Å². The lowest BCUT2D eigenvalue weighted by Gasteiger charge is -2.28. The van der Waals surface area contributed by atoms with Crippen LogP contribution in [0.2, 0.25) is 0 Å². The van der Waals surface area contributed by atoms with Crippen molar-refractivity contribution in [2.24, 2.45) is 0 Å². The third-order valence-corrected chi connectivity index (χ3v) is 7.14. The number of thiocarbonyl (C=S) groups is 1. The van der Waals surface area contributed by atoms with E-state index in [2.05, 4.69) is 89.1 Å². The predicted octanol–water partition coefficient (Wildman–Crippen LogP) is 5.98. The van der Waals surface area contributed by atoms with Gasteiger partial charge in [0.1, 0.15) is 5.75 Å². The zero-order chi connectivity index (χ0) is 24.5. The van der Waals surface area contributed by atoms with Gasteiger partial charge in [0.05, 0.1) is 24.9 Å². The van der Waals surface area contributed by atoms with Crippen LogP contribution in [0.25, 0.3) is 5.69 Å². The average Bonchev–Trinajstić information content (AvgIpc) is 3.35. The quantitative estimate of drug-likeness (QED) is 0.343. The predicted molar refractivity (Wildman–Crippen MR) is 144 cm³/mol. The fourth-order valence-corrected chi connectivity index (χ4v) is 5.33. The van der Waals surface area contributed by atoms with Gasteiger partial charge in [0.15, 0.2) is 5.11 Å². The van der Waals surface area contributed by atoms with Crippen molar-refractivity contribution in [2.75, 3.05) is 7.11 Å². The van der Waals surface area contributed by atoms with Crippen molar-refractivity contribution >= 4 is 17.3 Å². The summed E-state index contributed by atoms with van der Waals surface area (Å²) in [6.07, 6.45) is 1.85. The smallest absolute Gasteiger partial charge is 0.170 e. The van der Waals surface area contributed by atoms with E-state index >= 15 is 0 Å². The number of rotatable bonds is 6. The molecule has 2 unspecified atom stereocenters. The van der Waals surface area contributed by atoms with Crippen LogP contribution in [0.1, 0.15) is 45.9 Å². The Labute approximate surface area is 212 Å². The van der Waals surface area contributed by atoms with E-state index in [1.165, 1.54) is 33.8 Å². The first-order valence-corrected chi connectivity index (χ1v) is 12.2. The van der Waals surface area contributed by atoms with Gasteiger partial charge in [-0.1, -0.05) is 35.9 Å². The fraction of sp³-hybridized carbons (Fsp3) is 0.241. The molecule has 5 rings (SSSR count). The highest BCUT2D eigenvalue weighted by molar-refractivity contribution is 7.80. The Morgan fingerprint density at radius 1 is 0.971 bits per heavy atom. The molecular formula is C29H30N4OS. The molecule has 1 aliphatic rings. The third-order valence-electron chi connectivity index (χ3n) is 6.79. The minimum atomic E-state index is -0.0473. The zero-order valence-electron chi connectivity index (χ0n) is 20.5. The Kier molecular flexibility index (Phi) is 6.31. The SMILES string of the molecule is COc1ccc(CN2C(=S)NC(c3ccccn3)C2c2cc(C)n(-c3ccc(C)cc3)c2C)cc1. The summed E-state index contributed by atoms with van der Waals surface area (Å²) in [4.78, 5) is 6.98. The number of pyridine rings is 1. The monoisotopic (exact) mass is 482 g/mol. The number of aryl methyl sites for hydroxylation is 2. The minimum absolute atomic E-state index is 0.00454. The van der Waals surface area contributed by atoms with Crippen LogP contribution in [-0.2, 0) is 6.54 Å². The zero-order valence-corrected chi connectivity index (χ0v) is 21.3. The molecule has 35 heavy (non-hydrogen) atoms. The first-order valence-electron chi connectivity index (χ1n) is 11.8. The molecule has 1 N–H and O–H groups in total. The molecule has 1 saturated heterocycles. The molecule has 1 aliphatic heterocycles. The molecule has 0 bridgehead atoms. The van der Waals surface area contributed by atoms with Crippen molar-refractivity contribution in [1.29, 1.82) is 0 Å². The Morgan fingerprint density at radius 3 is 2.37 bits per heavy atom. The van der Waals surface area contributed by atoms with Gasteiger partial charge >= 0.3 is 0 Å². The van der Waals surface area contributed by atoms with E-state index in [0.29, 0.717) is 6.54 Å². The van der Waals surface area contributed by atoms with Crippen LogP contribution in [0, 0.1) is 20.8 Å². The summed E-state index contributed by atoms with van der Waals surface area (Å²) >= 11 is 5.89. The molecule has 1 fully saturated rings. The van der Waals surface area contributed by atoms with Gasteiger partial charge in [0, 0.05) is 29.8 Å². The van der Waals surface area contributed by atoms with Crippen LogP contribution in [0.15, 0.2) is 79.0 Å². The number of hydrogen-bond acceptors (Lipinski definition) is 3. The molecular weight excluding hydrogens is 452 g/mol. The lowest BCUT2D eigenvalue weighted by Crippen LogP contribution is -2.29. The Balaban J connectivity index is 1.59.